The lowest BCUT2D eigenvalue weighted by atomic mass is 10.2. The van der Waals surface area contributed by atoms with Crippen LogP contribution in [0.5, 0.6) is 11.5 Å². The molecule has 1 aromatic heterocycles. The molecule has 0 aliphatic carbocycles. The third-order valence-corrected chi connectivity index (χ3v) is 3.52. The molecule has 6 nitrogen and oxygen atoms in total. The molecule has 2 N–H and O–H groups in total. The molecule has 0 fully saturated rings. The SMILES string of the molecule is COc1ccc(OC)c(Nc2nccc(Nc3c(F)cccc3F)n2)c1. The van der Waals surface area contributed by atoms with Crippen LogP contribution in [0.4, 0.5) is 31.9 Å². The van der Waals surface area contributed by atoms with E-state index in [2.05, 4.69) is 20.6 Å². The first-order chi connectivity index (χ1) is 12.6. The van der Waals surface area contributed by atoms with Crippen molar-refractivity contribution in [2.24, 2.45) is 0 Å². The third kappa shape index (κ3) is 3.80. The van der Waals surface area contributed by atoms with Gasteiger partial charge in [-0.15, -0.1) is 0 Å². The number of nitrogens with one attached hydrogen (secondary N) is 2. The highest BCUT2D eigenvalue weighted by Gasteiger charge is 2.11. The molecule has 0 unspecified atom stereocenters. The summed E-state index contributed by atoms with van der Waals surface area (Å²) in [4.78, 5) is 8.32. The second-order valence-corrected chi connectivity index (χ2v) is 5.18. The molecule has 0 radical (unpaired) electrons. The number of para-hydroxylation sites is 1. The predicted molar refractivity (Wildman–Crippen MR) is 94.5 cm³/mol. The van der Waals surface area contributed by atoms with E-state index in [9.17, 15) is 8.78 Å². The monoisotopic (exact) mass is 358 g/mol. The Labute approximate surface area is 148 Å². The van der Waals surface area contributed by atoms with E-state index in [1.807, 2.05) is 0 Å². The summed E-state index contributed by atoms with van der Waals surface area (Å²) in [6.45, 7) is 0. The van der Waals surface area contributed by atoms with Crippen LogP contribution in [0.1, 0.15) is 0 Å². The molecule has 0 amide bonds. The quantitative estimate of drug-likeness (QED) is 0.686. The number of benzene rings is 2. The summed E-state index contributed by atoms with van der Waals surface area (Å²) in [5.41, 5.74) is 0.303. The third-order valence-electron chi connectivity index (χ3n) is 3.52. The normalized spacial score (nSPS) is 10.3. The highest BCUT2D eigenvalue weighted by Crippen LogP contribution is 2.31. The fraction of sp³-hybridized carbons (Fsp3) is 0.111. The Morgan fingerprint density at radius 3 is 2.38 bits per heavy atom. The average Bonchev–Trinajstić information content (AvgIpc) is 2.65. The van der Waals surface area contributed by atoms with Crippen molar-refractivity contribution in [3.8, 4) is 11.5 Å². The Kier molecular flexibility index (Phi) is 5.12. The van der Waals surface area contributed by atoms with Crippen LogP contribution in [0.2, 0.25) is 0 Å². The van der Waals surface area contributed by atoms with Gasteiger partial charge in [-0.25, -0.2) is 13.8 Å². The smallest absolute Gasteiger partial charge is 0.229 e. The van der Waals surface area contributed by atoms with Crippen molar-refractivity contribution in [3.63, 3.8) is 0 Å². The van der Waals surface area contributed by atoms with Gasteiger partial charge in [0.25, 0.3) is 0 Å². The van der Waals surface area contributed by atoms with Gasteiger partial charge >= 0.3 is 0 Å². The molecule has 2 aromatic carbocycles. The van der Waals surface area contributed by atoms with Crippen molar-refractivity contribution in [1.82, 2.24) is 9.97 Å². The minimum atomic E-state index is -0.715. The molecule has 0 saturated heterocycles. The number of hydrogen-bond acceptors (Lipinski definition) is 6. The summed E-state index contributed by atoms with van der Waals surface area (Å²) in [5, 5.41) is 5.62. The maximum absolute atomic E-state index is 13.8. The van der Waals surface area contributed by atoms with Gasteiger partial charge in [-0.3, -0.25) is 0 Å². The van der Waals surface area contributed by atoms with Crippen molar-refractivity contribution < 1.29 is 18.3 Å². The van der Waals surface area contributed by atoms with Gasteiger partial charge < -0.3 is 20.1 Å². The van der Waals surface area contributed by atoms with Crippen LogP contribution in [0.3, 0.4) is 0 Å². The second-order valence-electron chi connectivity index (χ2n) is 5.18. The molecule has 8 heteroatoms. The topological polar surface area (TPSA) is 68.3 Å². The van der Waals surface area contributed by atoms with Crippen LogP contribution in [-0.4, -0.2) is 24.2 Å². The van der Waals surface area contributed by atoms with Gasteiger partial charge in [-0.2, -0.15) is 4.98 Å². The van der Waals surface area contributed by atoms with E-state index in [0.29, 0.717) is 17.2 Å². The second kappa shape index (κ2) is 7.64. The van der Waals surface area contributed by atoms with E-state index in [0.717, 1.165) is 12.1 Å². The zero-order chi connectivity index (χ0) is 18.5. The summed E-state index contributed by atoms with van der Waals surface area (Å²) in [6, 6.07) is 10.3. The minimum absolute atomic E-state index is 0.221. The first-order valence-corrected chi connectivity index (χ1v) is 7.64. The summed E-state index contributed by atoms with van der Waals surface area (Å²) in [6.07, 6.45) is 1.46. The Morgan fingerprint density at radius 1 is 0.923 bits per heavy atom. The number of rotatable bonds is 6. The van der Waals surface area contributed by atoms with Crippen LogP contribution in [0.25, 0.3) is 0 Å². The van der Waals surface area contributed by atoms with Gasteiger partial charge in [0.2, 0.25) is 5.95 Å². The van der Waals surface area contributed by atoms with E-state index < -0.39 is 11.6 Å². The highest BCUT2D eigenvalue weighted by molar-refractivity contribution is 5.66. The Hall–Kier alpha value is -3.42. The van der Waals surface area contributed by atoms with Crippen LogP contribution < -0.4 is 20.1 Å². The largest absolute Gasteiger partial charge is 0.497 e. The number of halogens is 2. The summed E-state index contributed by atoms with van der Waals surface area (Å²) >= 11 is 0. The van der Waals surface area contributed by atoms with Crippen molar-refractivity contribution in [3.05, 3.63) is 60.3 Å². The molecule has 0 aliphatic rings. The molecule has 0 atom stereocenters. The number of anilines is 4. The van der Waals surface area contributed by atoms with Crippen molar-refractivity contribution in [2.45, 2.75) is 0 Å². The molecular weight excluding hydrogens is 342 g/mol. The molecule has 26 heavy (non-hydrogen) atoms. The number of hydrogen-bond donors (Lipinski definition) is 2. The first kappa shape index (κ1) is 17.4. The number of nitrogens with zero attached hydrogens (tertiary/aromatic N) is 2. The first-order valence-electron chi connectivity index (χ1n) is 7.64. The van der Waals surface area contributed by atoms with Gasteiger partial charge in [0.05, 0.1) is 19.9 Å². The fourth-order valence-corrected chi connectivity index (χ4v) is 2.27. The highest BCUT2D eigenvalue weighted by atomic mass is 19.1. The molecule has 3 aromatic rings. The number of ether oxygens (including phenoxy) is 2. The summed E-state index contributed by atoms with van der Waals surface area (Å²) in [5.74, 6) is 0.204. The molecule has 134 valence electrons. The Morgan fingerprint density at radius 2 is 1.69 bits per heavy atom. The molecule has 0 spiro atoms. The van der Waals surface area contributed by atoms with Crippen molar-refractivity contribution in [2.75, 3.05) is 24.9 Å². The zero-order valence-corrected chi connectivity index (χ0v) is 14.1. The van der Waals surface area contributed by atoms with Gasteiger partial charge in [-0.1, -0.05) is 6.07 Å². The van der Waals surface area contributed by atoms with E-state index in [4.69, 9.17) is 9.47 Å². The molecule has 0 saturated carbocycles. The van der Waals surface area contributed by atoms with E-state index >= 15 is 0 Å². The Bertz CT molecular complexity index is 901. The van der Waals surface area contributed by atoms with E-state index in [-0.39, 0.29) is 17.5 Å². The molecule has 0 aliphatic heterocycles. The van der Waals surface area contributed by atoms with Gasteiger partial charge in [-0.05, 0) is 30.3 Å². The van der Waals surface area contributed by atoms with Crippen LogP contribution in [0, 0.1) is 11.6 Å². The van der Waals surface area contributed by atoms with Crippen molar-refractivity contribution >= 4 is 23.1 Å². The minimum Gasteiger partial charge on any atom is -0.497 e. The molecular formula is C18H16F2N4O2. The maximum atomic E-state index is 13.8. The van der Waals surface area contributed by atoms with Gasteiger partial charge in [0, 0.05) is 12.3 Å². The number of methoxy groups -OCH3 is 2. The Balaban J connectivity index is 1.86. The lowest BCUT2D eigenvalue weighted by Gasteiger charge is -2.13. The van der Waals surface area contributed by atoms with Crippen LogP contribution >= 0.6 is 0 Å². The lowest BCUT2D eigenvalue weighted by molar-refractivity contribution is 0.405. The van der Waals surface area contributed by atoms with Crippen molar-refractivity contribution in [1.29, 1.82) is 0 Å². The molecule has 0 bridgehead atoms. The zero-order valence-electron chi connectivity index (χ0n) is 14.1. The average molecular weight is 358 g/mol. The van der Waals surface area contributed by atoms with Crippen LogP contribution in [0.15, 0.2) is 48.7 Å². The fourth-order valence-electron chi connectivity index (χ4n) is 2.27. The van der Waals surface area contributed by atoms with E-state index in [1.54, 1.807) is 25.3 Å². The standard InChI is InChI=1S/C18H16F2N4O2/c1-25-11-6-7-15(26-2)14(10-11)22-18-21-9-8-16(24-18)23-17-12(19)4-3-5-13(17)20/h3-10H,1-2H3,(H2,21,22,23,24). The summed E-state index contributed by atoms with van der Waals surface area (Å²) in [7, 11) is 3.09. The van der Waals surface area contributed by atoms with Gasteiger partial charge in [0.1, 0.15) is 34.6 Å². The predicted octanol–water partition coefficient (Wildman–Crippen LogP) is 4.26. The lowest BCUT2D eigenvalue weighted by Crippen LogP contribution is -2.03. The molecule has 1 heterocycles. The van der Waals surface area contributed by atoms with Crippen LogP contribution in [-0.2, 0) is 0 Å². The maximum Gasteiger partial charge on any atom is 0.229 e. The number of aromatic nitrogens is 2. The van der Waals surface area contributed by atoms with Gasteiger partial charge in [0.15, 0.2) is 0 Å². The molecule has 3 rings (SSSR count). The van der Waals surface area contributed by atoms with E-state index in [1.165, 1.54) is 25.4 Å². The summed E-state index contributed by atoms with van der Waals surface area (Å²) < 4.78 is 38.0.